The van der Waals surface area contributed by atoms with Crippen LogP contribution in [0, 0.1) is 0 Å². The normalized spacial score (nSPS) is 16.9. The molecule has 1 atom stereocenters. The van der Waals surface area contributed by atoms with Crippen LogP contribution in [0.15, 0.2) is 53.7 Å². The molecule has 2 amide bonds. The highest BCUT2D eigenvalue weighted by Gasteiger charge is 2.31. The van der Waals surface area contributed by atoms with Gasteiger partial charge in [0.1, 0.15) is 0 Å². The average molecular weight is 381 g/mol. The highest BCUT2D eigenvalue weighted by atomic mass is 16.5. The molecular formula is C22H27N3O3. The van der Waals surface area contributed by atoms with Gasteiger partial charge in [-0.1, -0.05) is 43.3 Å². The smallest absolute Gasteiger partial charge is 0.337 e. The van der Waals surface area contributed by atoms with Gasteiger partial charge in [0.2, 0.25) is 0 Å². The molecule has 3 rings (SSSR count). The van der Waals surface area contributed by atoms with Crippen molar-refractivity contribution in [3.8, 4) is 0 Å². The molecule has 148 valence electrons. The molecule has 0 saturated heterocycles. The molecule has 28 heavy (non-hydrogen) atoms. The van der Waals surface area contributed by atoms with Gasteiger partial charge in [0, 0.05) is 18.8 Å². The summed E-state index contributed by atoms with van der Waals surface area (Å²) in [6, 6.07) is 14.0. The van der Waals surface area contributed by atoms with Crippen molar-refractivity contribution in [3.63, 3.8) is 0 Å². The fourth-order valence-corrected chi connectivity index (χ4v) is 3.56. The van der Waals surface area contributed by atoms with Gasteiger partial charge in [-0.05, 0) is 42.8 Å². The highest BCUT2D eigenvalue weighted by Crippen LogP contribution is 2.20. The van der Waals surface area contributed by atoms with Gasteiger partial charge in [-0.2, -0.15) is 0 Å². The number of hydrogen-bond donors (Lipinski definition) is 2. The number of urea groups is 1. The first kappa shape index (κ1) is 19.9. The van der Waals surface area contributed by atoms with Crippen LogP contribution in [-0.2, 0) is 16.1 Å². The van der Waals surface area contributed by atoms with Crippen molar-refractivity contribution in [2.45, 2.75) is 32.9 Å². The molecule has 1 aliphatic heterocycles. The Morgan fingerprint density at radius 2 is 1.86 bits per heavy atom. The predicted molar refractivity (Wildman–Crippen MR) is 110 cm³/mol. The quantitative estimate of drug-likeness (QED) is 0.723. The SMILES string of the molecule is CCOC(=O)C1=C(CN(C)Cc2ccc3ccccc3c2)NC(=O)N[C@H]1CC. The molecule has 2 N–H and O–H groups in total. The molecular weight excluding hydrogens is 354 g/mol. The minimum absolute atomic E-state index is 0.283. The maximum atomic E-state index is 12.5. The molecule has 2 aromatic rings. The maximum absolute atomic E-state index is 12.5. The van der Waals surface area contributed by atoms with Crippen molar-refractivity contribution >= 4 is 22.8 Å². The number of nitrogens with one attached hydrogen (secondary N) is 2. The van der Waals surface area contributed by atoms with Crippen LogP contribution in [0.4, 0.5) is 4.79 Å². The van der Waals surface area contributed by atoms with E-state index in [2.05, 4.69) is 45.9 Å². The van der Waals surface area contributed by atoms with Crippen LogP contribution in [0.5, 0.6) is 0 Å². The third kappa shape index (κ3) is 4.51. The number of esters is 1. The molecule has 0 saturated carbocycles. The van der Waals surface area contributed by atoms with E-state index in [1.165, 1.54) is 16.3 Å². The number of likely N-dealkylation sites (N-methyl/N-ethyl adjacent to an activating group) is 1. The number of nitrogens with zero attached hydrogens (tertiary/aromatic N) is 1. The topological polar surface area (TPSA) is 70.7 Å². The summed E-state index contributed by atoms with van der Waals surface area (Å²) in [6.07, 6.45) is 0.624. The summed E-state index contributed by atoms with van der Waals surface area (Å²) in [5, 5.41) is 8.01. The second-order valence-corrected chi connectivity index (χ2v) is 7.03. The lowest BCUT2D eigenvalue weighted by atomic mass is 10.00. The Hall–Kier alpha value is -2.86. The van der Waals surface area contributed by atoms with E-state index in [1.807, 2.05) is 26.1 Å². The van der Waals surface area contributed by atoms with Gasteiger partial charge in [-0.15, -0.1) is 0 Å². The van der Waals surface area contributed by atoms with Crippen LogP contribution in [0.1, 0.15) is 25.8 Å². The molecule has 0 spiro atoms. The van der Waals surface area contributed by atoms with E-state index in [0.29, 0.717) is 37.4 Å². The van der Waals surface area contributed by atoms with Gasteiger partial charge in [-0.25, -0.2) is 9.59 Å². The second-order valence-electron chi connectivity index (χ2n) is 7.03. The first-order valence-electron chi connectivity index (χ1n) is 9.65. The molecule has 0 aliphatic carbocycles. The van der Waals surface area contributed by atoms with Crippen molar-refractivity contribution in [1.82, 2.24) is 15.5 Å². The third-order valence-electron chi connectivity index (χ3n) is 4.84. The lowest BCUT2D eigenvalue weighted by Crippen LogP contribution is -2.51. The summed E-state index contributed by atoms with van der Waals surface area (Å²) in [5.74, 6) is -0.379. The molecule has 0 bridgehead atoms. The molecule has 0 fully saturated rings. The third-order valence-corrected chi connectivity index (χ3v) is 4.84. The Balaban J connectivity index is 1.80. The van der Waals surface area contributed by atoms with Gasteiger partial charge in [-0.3, -0.25) is 4.90 Å². The van der Waals surface area contributed by atoms with Gasteiger partial charge in [0.25, 0.3) is 0 Å². The van der Waals surface area contributed by atoms with E-state index in [9.17, 15) is 9.59 Å². The molecule has 0 aromatic heterocycles. The van der Waals surface area contributed by atoms with E-state index in [1.54, 1.807) is 6.92 Å². The fourth-order valence-electron chi connectivity index (χ4n) is 3.56. The number of ether oxygens (including phenoxy) is 1. The Bertz CT molecular complexity index is 907. The molecule has 0 unspecified atom stereocenters. The molecule has 0 radical (unpaired) electrons. The maximum Gasteiger partial charge on any atom is 0.337 e. The minimum atomic E-state index is -0.379. The monoisotopic (exact) mass is 381 g/mol. The average Bonchev–Trinajstić information content (AvgIpc) is 2.67. The van der Waals surface area contributed by atoms with E-state index < -0.39 is 0 Å². The van der Waals surface area contributed by atoms with E-state index in [-0.39, 0.29) is 18.0 Å². The van der Waals surface area contributed by atoms with Crippen LogP contribution in [0.3, 0.4) is 0 Å². The minimum Gasteiger partial charge on any atom is -0.463 e. The predicted octanol–water partition coefficient (Wildman–Crippen LogP) is 3.18. The largest absolute Gasteiger partial charge is 0.463 e. The van der Waals surface area contributed by atoms with Crippen molar-refractivity contribution < 1.29 is 14.3 Å². The zero-order valence-electron chi connectivity index (χ0n) is 16.6. The van der Waals surface area contributed by atoms with Crippen LogP contribution in [0.2, 0.25) is 0 Å². The molecule has 6 nitrogen and oxygen atoms in total. The highest BCUT2D eigenvalue weighted by molar-refractivity contribution is 5.94. The summed E-state index contributed by atoms with van der Waals surface area (Å²) >= 11 is 0. The number of carbonyl (C=O) groups is 2. The van der Waals surface area contributed by atoms with Gasteiger partial charge >= 0.3 is 12.0 Å². The summed E-state index contributed by atoms with van der Waals surface area (Å²) in [5.41, 5.74) is 2.29. The first-order chi connectivity index (χ1) is 13.5. The number of carbonyl (C=O) groups excluding carboxylic acids is 2. The van der Waals surface area contributed by atoms with Crippen LogP contribution in [-0.4, -0.2) is 43.1 Å². The van der Waals surface area contributed by atoms with Crippen molar-refractivity contribution in [3.05, 3.63) is 59.3 Å². The lowest BCUT2D eigenvalue weighted by molar-refractivity contribution is -0.139. The number of amides is 2. The van der Waals surface area contributed by atoms with Crippen LogP contribution >= 0.6 is 0 Å². The fraction of sp³-hybridized carbons (Fsp3) is 0.364. The lowest BCUT2D eigenvalue weighted by Gasteiger charge is -2.30. The van der Waals surface area contributed by atoms with Crippen LogP contribution < -0.4 is 10.6 Å². The summed E-state index contributed by atoms with van der Waals surface area (Å²) < 4.78 is 5.22. The number of fused-ring (bicyclic) bond motifs is 1. The summed E-state index contributed by atoms with van der Waals surface area (Å²) in [4.78, 5) is 26.6. The second kappa shape index (κ2) is 8.89. The molecule has 1 heterocycles. The van der Waals surface area contributed by atoms with E-state index >= 15 is 0 Å². The molecule has 6 heteroatoms. The van der Waals surface area contributed by atoms with Gasteiger partial charge < -0.3 is 15.4 Å². The van der Waals surface area contributed by atoms with Gasteiger partial charge in [0.05, 0.1) is 18.2 Å². The summed E-state index contributed by atoms with van der Waals surface area (Å²) in [7, 11) is 1.97. The van der Waals surface area contributed by atoms with E-state index in [0.717, 1.165) is 0 Å². The molecule has 1 aliphatic rings. The number of hydrogen-bond acceptors (Lipinski definition) is 4. The Kier molecular flexibility index (Phi) is 6.31. The summed E-state index contributed by atoms with van der Waals surface area (Å²) in [6.45, 7) is 5.16. The molecule has 2 aromatic carbocycles. The van der Waals surface area contributed by atoms with E-state index in [4.69, 9.17) is 4.74 Å². The number of benzene rings is 2. The number of rotatable bonds is 7. The van der Waals surface area contributed by atoms with Crippen LogP contribution in [0.25, 0.3) is 10.8 Å². The van der Waals surface area contributed by atoms with Crippen molar-refractivity contribution in [2.75, 3.05) is 20.2 Å². The zero-order valence-corrected chi connectivity index (χ0v) is 16.6. The Morgan fingerprint density at radius 3 is 2.57 bits per heavy atom. The zero-order chi connectivity index (χ0) is 20.1. The first-order valence-corrected chi connectivity index (χ1v) is 9.65. The Morgan fingerprint density at radius 1 is 1.11 bits per heavy atom. The van der Waals surface area contributed by atoms with Gasteiger partial charge in [0.15, 0.2) is 0 Å². The Labute approximate surface area is 165 Å². The van der Waals surface area contributed by atoms with Crippen molar-refractivity contribution in [2.24, 2.45) is 0 Å². The standard InChI is InChI=1S/C22H27N3O3/c1-4-18-20(21(26)28-5-2)19(24-22(27)23-18)14-25(3)13-15-10-11-16-8-6-7-9-17(16)12-15/h6-12,18H,4-5,13-14H2,1-3H3,(H2,23,24,27)/t18-/m0/s1. The van der Waals surface area contributed by atoms with Crippen molar-refractivity contribution in [1.29, 1.82) is 0 Å².